The van der Waals surface area contributed by atoms with E-state index in [1.807, 2.05) is 18.5 Å². The highest BCUT2D eigenvalue weighted by molar-refractivity contribution is 5.20. The Kier molecular flexibility index (Phi) is 2.34. The van der Waals surface area contributed by atoms with Crippen LogP contribution in [-0.4, -0.2) is 4.98 Å². The van der Waals surface area contributed by atoms with Gasteiger partial charge in [0.05, 0.1) is 0 Å². The summed E-state index contributed by atoms with van der Waals surface area (Å²) < 4.78 is 0. The van der Waals surface area contributed by atoms with Gasteiger partial charge in [0.25, 0.3) is 0 Å². The van der Waals surface area contributed by atoms with Crippen molar-refractivity contribution in [2.75, 3.05) is 0 Å². The fourth-order valence-electron chi connectivity index (χ4n) is 4.83. The van der Waals surface area contributed by atoms with Gasteiger partial charge in [0, 0.05) is 18.4 Å². The number of nitrogens with two attached hydrogens (primary N) is 1. The monoisotopic (exact) mass is 240 g/mol. The molecule has 2 N–H and O–H groups in total. The summed E-state index contributed by atoms with van der Waals surface area (Å²) in [7, 11) is 0. The summed E-state index contributed by atoms with van der Waals surface area (Å²) in [6, 6.07) is 4.32. The molecule has 18 heavy (non-hydrogen) atoms. The highest BCUT2D eigenvalue weighted by Gasteiger charge is 2.53. The lowest BCUT2D eigenvalue weighted by Crippen LogP contribution is -2.32. The molecule has 6 unspecified atom stereocenters. The van der Waals surface area contributed by atoms with E-state index in [1.165, 1.54) is 24.8 Å². The minimum Gasteiger partial charge on any atom is -0.324 e. The van der Waals surface area contributed by atoms with Crippen LogP contribution in [0.15, 0.2) is 36.7 Å². The smallest absolute Gasteiger partial charge is 0.0341 e. The van der Waals surface area contributed by atoms with Crippen LogP contribution in [0.1, 0.15) is 30.9 Å². The van der Waals surface area contributed by atoms with Gasteiger partial charge in [0.2, 0.25) is 0 Å². The van der Waals surface area contributed by atoms with Crippen molar-refractivity contribution >= 4 is 0 Å². The number of hydrogen-bond acceptors (Lipinski definition) is 2. The summed E-state index contributed by atoms with van der Waals surface area (Å²) in [6.45, 7) is 0. The third-order valence-electron chi connectivity index (χ3n) is 5.59. The predicted octanol–water partition coefficient (Wildman–Crippen LogP) is 2.93. The molecule has 2 bridgehead atoms. The van der Waals surface area contributed by atoms with E-state index in [0.717, 1.165) is 23.7 Å². The van der Waals surface area contributed by atoms with Crippen molar-refractivity contribution in [3.63, 3.8) is 0 Å². The summed E-state index contributed by atoms with van der Waals surface area (Å²) in [6.07, 6.45) is 12.7. The zero-order valence-electron chi connectivity index (χ0n) is 10.6. The Morgan fingerprint density at radius 2 is 2.22 bits per heavy atom. The second kappa shape index (κ2) is 3.92. The van der Waals surface area contributed by atoms with E-state index in [2.05, 4.69) is 23.2 Å². The molecule has 0 aromatic carbocycles. The minimum absolute atomic E-state index is 0.184. The van der Waals surface area contributed by atoms with E-state index >= 15 is 0 Å². The van der Waals surface area contributed by atoms with Crippen LogP contribution in [0.2, 0.25) is 0 Å². The molecule has 2 fully saturated rings. The average molecular weight is 240 g/mol. The van der Waals surface area contributed by atoms with Gasteiger partial charge in [-0.25, -0.2) is 0 Å². The van der Waals surface area contributed by atoms with Crippen molar-refractivity contribution in [2.24, 2.45) is 35.3 Å². The van der Waals surface area contributed by atoms with Crippen LogP contribution in [0.4, 0.5) is 0 Å². The highest BCUT2D eigenvalue weighted by atomic mass is 14.7. The Morgan fingerprint density at radius 1 is 1.28 bits per heavy atom. The molecule has 0 spiro atoms. The first-order valence-electron chi connectivity index (χ1n) is 7.17. The number of allylic oxidation sites excluding steroid dienone is 2. The number of pyridine rings is 1. The number of aromatic nitrogens is 1. The third kappa shape index (κ3) is 1.42. The Hall–Kier alpha value is -1.15. The molecular weight excluding hydrogens is 220 g/mol. The Balaban J connectivity index is 1.59. The molecule has 2 heteroatoms. The lowest BCUT2D eigenvalue weighted by molar-refractivity contribution is 0.186. The first kappa shape index (κ1) is 10.7. The molecule has 0 aliphatic heterocycles. The Morgan fingerprint density at radius 3 is 3.06 bits per heavy atom. The predicted molar refractivity (Wildman–Crippen MR) is 71.6 cm³/mol. The van der Waals surface area contributed by atoms with Crippen LogP contribution in [0.5, 0.6) is 0 Å². The molecule has 0 amide bonds. The molecule has 0 radical (unpaired) electrons. The maximum Gasteiger partial charge on any atom is 0.0341 e. The molecule has 1 aromatic heterocycles. The second-order valence-electron chi connectivity index (χ2n) is 6.28. The van der Waals surface area contributed by atoms with Gasteiger partial charge in [-0.3, -0.25) is 4.98 Å². The van der Waals surface area contributed by atoms with Crippen molar-refractivity contribution in [1.82, 2.24) is 4.98 Å². The van der Waals surface area contributed by atoms with Crippen molar-refractivity contribution in [2.45, 2.75) is 25.3 Å². The topological polar surface area (TPSA) is 38.9 Å². The number of nitrogens with zero attached hydrogens (tertiary/aromatic N) is 1. The largest absolute Gasteiger partial charge is 0.324 e. The Bertz CT molecular complexity index is 467. The molecule has 1 aromatic rings. The lowest BCUT2D eigenvalue weighted by atomic mass is 9.72. The van der Waals surface area contributed by atoms with E-state index in [9.17, 15) is 0 Å². The maximum atomic E-state index is 6.51. The Labute approximate surface area is 108 Å². The van der Waals surface area contributed by atoms with Crippen molar-refractivity contribution in [1.29, 1.82) is 0 Å². The molecule has 3 aliphatic rings. The fourth-order valence-corrected chi connectivity index (χ4v) is 4.83. The molecule has 3 aliphatic carbocycles. The van der Waals surface area contributed by atoms with E-state index in [-0.39, 0.29) is 6.04 Å². The molecule has 6 atom stereocenters. The van der Waals surface area contributed by atoms with Crippen LogP contribution in [0.25, 0.3) is 0 Å². The summed E-state index contributed by atoms with van der Waals surface area (Å²) in [5, 5.41) is 0. The van der Waals surface area contributed by atoms with Crippen LogP contribution in [0, 0.1) is 29.6 Å². The first-order valence-corrected chi connectivity index (χ1v) is 7.17. The summed E-state index contributed by atoms with van der Waals surface area (Å²) >= 11 is 0. The summed E-state index contributed by atoms with van der Waals surface area (Å²) in [5.41, 5.74) is 7.72. The van der Waals surface area contributed by atoms with Gasteiger partial charge in [-0.15, -0.1) is 0 Å². The van der Waals surface area contributed by atoms with Gasteiger partial charge in [0.15, 0.2) is 0 Å². The van der Waals surface area contributed by atoms with Gasteiger partial charge in [-0.2, -0.15) is 0 Å². The van der Waals surface area contributed by atoms with Crippen molar-refractivity contribution < 1.29 is 0 Å². The van der Waals surface area contributed by atoms with Crippen LogP contribution >= 0.6 is 0 Å². The molecule has 2 saturated carbocycles. The minimum atomic E-state index is 0.184. The summed E-state index contributed by atoms with van der Waals surface area (Å²) in [5.74, 6) is 4.21. The molecule has 2 nitrogen and oxygen atoms in total. The van der Waals surface area contributed by atoms with Gasteiger partial charge in [0.1, 0.15) is 0 Å². The zero-order valence-corrected chi connectivity index (χ0v) is 10.6. The molecule has 94 valence electrons. The summed E-state index contributed by atoms with van der Waals surface area (Å²) in [4.78, 5) is 4.21. The second-order valence-corrected chi connectivity index (χ2v) is 6.28. The van der Waals surface area contributed by atoms with Gasteiger partial charge in [-0.1, -0.05) is 18.2 Å². The fraction of sp³-hybridized carbons (Fsp3) is 0.562. The van der Waals surface area contributed by atoms with E-state index in [4.69, 9.17) is 5.73 Å². The normalized spacial score (nSPS) is 42.2. The van der Waals surface area contributed by atoms with Crippen LogP contribution < -0.4 is 5.73 Å². The standard InChI is InChI=1S/C16H20N2/c17-16(10-3-2-6-18-9-10)15-8-11-7-14(15)13-5-1-4-12(11)13/h1-3,5-6,9,11-16H,4,7-8,17H2. The molecular formula is C16H20N2. The van der Waals surface area contributed by atoms with Gasteiger partial charge >= 0.3 is 0 Å². The maximum absolute atomic E-state index is 6.51. The van der Waals surface area contributed by atoms with E-state index < -0.39 is 0 Å². The quantitative estimate of drug-likeness (QED) is 0.807. The van der Waals surface area contributed by atoms with Crippen molar-refractivity contribution in [3.8, 4) is 0 Å². The van der Waals surface area contributed by atoms with Crippen LogP contribution in [0.3, 0.4) is 0 Å². The van der Waals surface area contributed by atoms with E-state index in [0.29, 0.717) is 5.92 Å². The third-order valence-corrected chi connectivity index (χ3v) is 5.59. The SMILES string of the molecule is NC(c1cccnc1)C1CC2CC1C1C=CCC21. The highest BCUT2D eigenvalue weighted by Crippen LogP contribution is 2.60. The first-order chi connectivity index (χ1) is 8.84. The molecule has 1 heterocycles. The van der Waals surface area contributed by atoms with Crippen LogP contribution in [-0.2, 0) is 0 Å². The van der Waals surface area contributed by atoms with Gasteiger partial charge in [-0.05, 0) is 60.5 Å². The molecule has 0 saturated heterocycles. The number of hydrogen-bond donors (Lipinski definition) is 1. The average Bonchev–Trinajstić information content (AvgIpc) is 3.10. The number of fused-ring (bicyclic) bond motifs is 5. The van der Waals surface area contributed by atoms with E-state index in [1.54, 1.807) is 0 Å². The molecule has 4 rings (SSSR count). The lowest BCUT2D eigenvalue weighted by Gasteiger charge is -2.34. The van der Waals surface area contributed by atoms with Gasteiger partial charge < -0.3 is 5.73 Å². The zero-order chi connectivity index (χ0) is 12.1. The van der Waals surface area contributed by atoms with Crippen molar-refractivity contribution in [3.05, 3.63) is 42.2 Å². The number of rotatable bonds is 2.